The third-order valence-electron chi connectivity index (χ3n) is 3.47. The highest BCUT2D eigenvalue weighted by Crippen LogP contribution is 2.23. The average Bonchev–Trinajstić information content (AvgIpc) is 2.25. The van der Waals surface area contributed by atoms with Crippen LogP contribution >= 0.6 is 0 Å². The van der Waals surface area contributed by atoms with E-state index in [0.717, 1.165) is 0 Å². The van der Waals surface area contributed by atoms with Crippen molar-refractivity contribution in [3.05, 3.63) is 0 Å². The molecule has 0 saturated carbocycles. The first kappa shape index (κ1) is 14.9. The van der Waals surface area contributed by atoms with Gasteiger partial charge in [-0.25, -0.2) is 4.79 Å². The maximum atomic E-state index is 12.0. The summed E-state index contributed by atoms with van der Waals surface area (Å²) in [6, 6.07) is 0. The number of hydrogen-bond acceptors (Lipinski definition) is 2. The first-order chi connectivity index (χ1) is 7.25. The van der Waals surface area contributed by atoms with Crippen LogP contribution in [-0.2, 0) is 9.59 Å². The molecule has 0 radical (unpaired) electrons. The monoisotopic (exact) mass is 229 g/mol. The Morgan fingerprint density at radius 3 is 1.75 bits per heavy atom. The molecular formula is C12H23NO3. The maximum absolute atomic E-state index is 12.0. The lowest BCUT2D eigenvalue weighted by molar-refractivity contribution is -0.149. The normalized spacial score (nSPS) is 12.3. The van der Waals surface area contributed by atoms with Crippen LogP contribution in [0.15, 0.2) is 0 Å². The Kier molecular flexibility index (Phi) is 4.97. The smallest absolute Gasteiger partial charge is 0.329 e. The predicted octanol–water partition coefficient (Wildman–Crippen LogP) is 2.18. The molecule has 0 rings (SSSR count). The van der Waals surface area contributed by atoms with E-state index in [9.17, 15) is 14.7 Å². The first-order valence-electron chi connectivity index (χ1n) is 5.81. The Hall–Kier alpha value is -1.06. The third-order valence-corrected chi connectivity index (χ3v) is 3.47. The average molecular weight is 229 g/mol. The lowest BCUT2D eigenvalue weighted by Gasteiger charge is -2.32. The van der Waals surface area contributed by atoms with Gasteiger partial charge in [-0.05, 0) is 19.3 Å². The molecule has 0 atom stereocenters. The van der Waals surface area contributed by atoms with Crippen molar-refractivity contribution in [2.75, 3.05) is 0 Å². The molecule has 0 saturated heterocycles. The first-order valence-corrected chi connectivity index (χ1v) is 5.81. The molecule has 1 amide bonds. The number of carboxylic acids is 1. The van der Waals surface area contributed by atoms with E-state index in [0.29, 0.717) is 19.3 Å². The molecule has 0 fully saturated rings. The fourth-order valence-electron chi connectivity index (χ4n) is 1.33. The van der Waals surface area contributed by atoms with Crippen LogP contribution in [0.25, 0.3) is 0 Å². The molecule has 0 aliphatic carbocycles. The van der Waals surface area contributed by atoms with Gasteiger partial charge in [0, 0.05) is 5.41 Å². The highest BCUT2D eigenvalue weighted by Gasteiger charge is 2.39. The zero-order valence-corrected chi connectivity index (χ0v) is 10.9. The molecule has 2 N–H and O–H groups in total. The van der Waals surface area contributed by atoms with Gasteiger partial charge in [0.05, 0.1) is 0 Å². The molecule has 94 valence electrons. The van der Waals surface area contributed by atoms with Crippen LogP contribution in [-0.4, -0.2) is 22.5 Å². The van der Waals surface area contributed by atoms with Crippen molar-refractivity contribution in [1.29, 1.82) is 0 Å². The van der Waals surface area contributed by atoms with E-state index >= 15 is 0 Å². The summed E-state index contributed by atoms with van der Waals surface area (Å²) in [4.78, 5) is 23.2. The number of aliphatic carboxylic acids is 1. The van der Waals surface area contributed by atoms with E-state index in [2.05, 4.69) is 5.32 Å². The topological polar surface area (TPSA) is 66.4 Å². The van der Waals surface area contributed by atoms with Crippen LogP contribution in [0.4, 0.5) is 0 Å². The minimum Gasteiger partial charge on any atom is -0.480 e. The summed E-state index contributed by atoms with van der Waals surface area (Å²) >= 11 is 0. The van der Waals surface area contributed by atoms with Crippen LogP contribution in [0.2, 0.25) is 0 Å². The molecule has 0 aliphatic heterocycles. The summed E-state index contributed by atoms with van der Waals surface area (Å²) in [7, 11) is 0. The van der Waals surface area contributed by atoms with Crippen LogP contribution in [0.3, 0.4) is 0 Å². The summed E-state index contributed by atoms with van der Waals surface area (Å²) < 4.78 is 0. The highest BCUT2D eigenvalue weighted by molar-refractivity contribution is 5.89. The largest absolute Gasteiger partial charge is 0.480 e. The fourth-order valence-corrected chi connectivity index (χ4v) is 1.33. The molecule has 0 spiro atoms. The zero-order valence-electron chi connectivity index (χ0n) is 10.9. The molecule has 0 aliphatic rings. The van der Waals surface area contributed by atoms with E-state index in [-0.39, 0.29) is 5.91 Å². The quantitative estimate of drug-likeness (QED) is 0.733. The Morgan fingerprint density at radius 2 is 1.50 bits per heavy atom. The molecule has 16 heavy (non-hydrogen) atoms. The minimum absolute atomic E-state index is 0.193. The van der Waals surface area contributed by atoms with Crippen molar-refractivity contribution in [3.8, 4) is 0 Å². The summed E-state index contributed by atoms with van der Waals surface area (Å²) in [6.45, 7) is 9.11. The number of carbonyl (C=O) groups excluding carboxylic acids is 1. The van der Waals surface area contributed by atoms with Crippen molar-refractivity contribution in [2.24, 2.45) is 5.41 Å². The maximum Gasteiger partial charge on any atom is 0.329 e. The number of hydrogen-bond donors (Lipinski definition) is 2. The molecule has 0 heterocycles. The Bertz CT molecular complexity index is 267. The van der Waals surface area contributed by atoms with Crippen molar-refractivity contribution in [3.63, 3.8) is 0 Å². The van der Waals surface area contributed by atoms with Crippen LogP contribution < -0.4 is 5.32 Å². The Balaban J connectivity index is 4.92. The molecular weight excluding hydrogens is 206 g/mol. The lowest BCUT2D eigenvalue weighted by atomic mass is 9.86. The number of rotatable bonds is 6. The molecule has 4 heteroatoms. The van der Waals surface area contributed by atoms with Gasteiger partial charge < -0.3 is 10.4 Å². The van der Waals surface area contributed by atoms with Gasteiger partial charge in [-0.15, -0.1) is 0 Å². The fraction of sp³-hybridized carbons (Fsp3) is 0.833. The zero-order chi connectivity index (χ0) is 13.0. The van der Waals surface area contributed by atoms with Gasteiger partial charge >= 0.3 is 5.97 Å². The van der Waals surface area contributed by atoms with Crippen molar-refractivity contribution in [1.82, 2.24) is 5.32 Å². The van der Waals surface area contributed by atoms with Crippen molar-refractivity contribution >= 4 is 11.9 Å². The lowest BCUT2D eigenvalue weighted by Crippen LogP contribution is -2.56. The molecule has 0 aromatic carbocycles. The number of nitrogens with one attached hydrogen (secondary N) is 1. The minimum atomic E-state index is -1.12. The van der Waals surface area contributed by atoms with Gasteiger partial charge in [0.15, 0.2) is 0 Å². The standard InChI is InChI=1S/C12H23NO3/c1-6-11(4,5)9(14)13-12(7-2,8-3)10(15)16/h6-8H2,1-5H3,(H,13,14)(H,15,16). The van der Waals surface area contributed by atoms with Gasteiger partial charge in [-0.2, -0.15) is 0 Å². The van der Waals surface area contributed by atoms with Gasteiger partial charge in [-0.3, -0.25) is 4.79 Å². The Labute approximate surface area is 97.4 Å². The molecule has 0 bridgehead atoms. The van der Waals surface area contributed by atoms with E-state index in [1.54, 1.807) is 13.8 Å². The van der Waals surface area contributed by atoms with E-state index in [1.165, 1.54) is 0 Å². The van der Waals surface area contributed by atoms with Gasteiger partial charge in [0.25, 0.3) is 0 Å². The summed E-state index contributed by atoms with van der Waals surface area (Å²) in [5, 5.41) is 11.9. The highest BCUT2D eigenvalue weighted by atomic mass is 16.4. The predicted molar refractivity (Wildman–Crippen MR) is 63.2 cm³/mol. The second-order valence-corrected chi connectivity index (χ2v) is 4.79. The third kappa shape index (κ3) is 2.97. The molecule has 0 aromatic heterocycles. The summed E-state index contributed by atoms with van der Waals surface area (Å²) in [5.41, 5.74) is -1.64. The van der Waals surface area contributed by atoms with Gasteiger partial charge in [0.2, 0.25) is 5.91 Å². The Morgan fingerprint density at radius 1 is 1.06 bits per heavy atom. The molecule has 0 aromatic rings. The van der Waals surface area contributed by atoms with E-state index < -0.39 is 16.9 Å². The number of amides is 1. The molecule has 0 unspecified atom stereocenters. The van der Waals surface area contributed by atoms with Crippen molar-refractivity contribution < 1.29 is 14.7 Å². The number of carbonyl (C=O) groups is 2. The summed E-state index contributed by atoms with van der Waals surface area (Å²) in [6.07, 6.45) is 1.47. The van der Waals surface area contributed by atoms with Crippen LogP contribution in [0.5, 0.6) is 0 Å². The van der Waals surface area contributed by atoms with E-state index in [1.807, 2.05) is 20.8 Å². The number of carboxylic acid groups (broad SMARTS) is 1. The van der Waals surface area contributed by atoms with E-state index in [4.69, 9.17) is 0 Å². The van der Waals surface area contributed by atoms with Crippen LogP contribution in [0, 0.1) is 5.41 Å². The second-order valence-electron chi connectivity index (χ2n) is 4.79. The van der Waals surface area contributed by atoms with Crippen LogP contribution in [0.1, 0.15) is 53.9 Å². The van der Waals surface area contributed by atoms with Gasteiger partial charge in [-0.1, -0.05) is 34.6 Å². The SMILES string of the molecule is CCC(C)(C)C(=O)NC(CC)(CC)C(=O)O. The second kappa shape index (κ2) is 5.32. The summed E-state index contributed by atoms with van der Waals surface area (Å²) in [5.74, 6) is -1.15. The molecule has 4 nitrogen and oxygen atoms in total. The van der Waals surface area contributed by atoms with Gasteiger partial charge in [0.1, 0.15) is 5.54 Å². The van der Waals surface area contributed by atoms with Crippen molar-refractivity contribution in [2.45, 2.75) is 59.4 Å².